The van der Waals surface area contributed by atoms with Crippen molar-refractivity contribution in [1.82, 2.24) is 10.6 Å². The Hall–Kier alpha value is -2.68. The summed E-state index contributed by atoms with van der Waals surface area (Å²) in [6.45, 7) is 2.11. The first-order valence-corrected chi connectivity index (χ1v) is 9.90. The van der Waals surface area contributed by atoms with Gasteiger partial charge in [0, 0.05) is 20.1 Å². The zero-order valence-electron chi connectivity index (χ0n) is 15.1. The highest BCUT2D eigenvalue weighted by atomic mass is 32.2. The van der Waals surface area contributed by atoms with Crippen LogP contribution >= 0.6 is 0 Å². The third-order valence-electron chi connectivity index (χ3n) is 3.71. The van der Waals surface area contributed by atoms with Crippen molar-refractivity contribution >= 4 is 21.7 Å². The molecule has 0 spiro atoms. The van der Waals surface area contributed by atoms with Crippen molar-refractivity contribution in [2.24, 2.45) is 4.99 Å². The predicted octanol–water partition coefficient (Wildman–Crippen LogP) is 2.38. The van der Waals surface area contributed by atoms with Gasteiger partial charge in [-0.1, -0.05) is 18.2 Å². The van der Waals surface area contributed by atoms with E-state index in [-0.39, 0.29) is 23.8 Å². The normalized spacial score (nSPS) is 11.9. The Bertz CT molecular complexity index is 900. The summed E-state index contributed by atoms with van der Waals surface area (Å²) in [5, 5.41) is 5.89. The Labute approximate surface area is 157 Å². The van der Waals surface area contributed by atoms with Crippen LogP contribution in [0.1, 0.15) is 11.1 Å². The topological polar surface area (TPSA) is 82.6 Å². The molecular weight excluding hydrogens is 374 g/mol. The molecule has 9 heteroatoms. The van der Waals surface area contributed by atoms with Gasteiger partial charge in [0.2, 0.25) is 10.0 Å². The molecule has 6 nitrogen and oxygen atoms in total. The summed E-state index contributed by atoms with van der Waals surface area (Å²) >= 11 is 0. The smallest absolute Gasteiger partial charge is 0.234 e. The van der Waals surface area contributed by atoms with Gasteiger partial charge in [-0.2, -0.15) is 0 Å². The molecule has 27 heavy (non-hydrogen) atoms. The van der Waals surface area contributed by atoms with Gasteiger partial charge in [-0.3, -0.25) is 9.71 Å². The first kappa shape index (κ1) is 20.6. The number of aryl methyl sites for hydroxylation is 1. The van der Waals surface area contributed by atoms with Crippen LogP contribution in [0.15, 0.2) is 47.5 Å². The molecule has 2 aromatic rings. The molecule has 0 aliphatic carbocycles. The van der Waals surface area contributed by atoms with Crippen molar-refractivity contribution in [2.45, 2.75) is 13.5 Å². The quantitative estimate of drug-likeness (QED) is 0.496. The zero-order chi connectivity index (χ0) is 19.9. The van der Waals surface area contributed by atoms with E-state index >= 15 is 0 Å². The Kier molecular flexibility index (Phi) is 7.12. The fourth-order valence-corrected chi connectivity index (χ4v) is 3.16. The van der Waals surface area contributed by atoms with E-state index in [1.807, 2.05) is 0 Å². The highest BCUT2D eigenvalue weighted by Crippen LogP contribution is 2.14. The van der Waals surface area contributed by atoms with E-state index < -0.39 is 15.8 Å². The highest BCUT2D eigenvalue weighted by molar-refractivity contribution is 7.92. The monoisotopic (exact) mass is 396 g/mol. The number of nitrogens with one attached hydrogen (secondary N) is 3. The number of guanidine groups is 1. The predicted molar refractivity (Wildman–Crippen MR) is 103 cm³/mol. The molecule has 0 saturated carbocycles. The van der Waals surface area contributed by atoms with Gasteiger partial charge in [-0.25, -0.2) is 17.2 Å². The summed E-state index contributed by atoms with van der Waals surface area (Å²) in [6, 6.07) is 10.2. The van der Waals surface area contributed by atoms with Crippen LogP contribution in [0.25, 0.3) is 0 Å². The van der Waals surface area contributed by atoms with Crippen molar-refractivity contribution in [3.8, 4) is 0 Å². The maximum Gasteiger partial charge on any atom is 0.234 e. The van der Waals surface area contributed by atoms with Crippen LogP contribution in [0.3, 0.4) is 0 Å². The average molecular weight is 396 g/mol. The van der Waals surface area contributed by atoms with Crippen molar-refractivity contribution in [3.63, 3.8) is 0 Å². The number of anilines is 1. The Morgan fingerprint density at radius 3 is 2.41 bits per heavy atom. The second-order valence-corrected chi connectivity index (χ2v) is 7.71. The van der Waals surface area contributed by atoms with Crippen molar-refractivity contribution in [3.05, 3.63) is 65.2 Å². The fraction of sp³-hybridized carbons (Fsp3) is 0.278. The van der Waals surface area contributed by atoms with E-state index in [2.05, 4.69) is 20.3 Å². The zero-order valence-corrected chi connectivity index (χ0v) is 15.9. The van der Waals surface area contributed by atoms with Gasteiger partial charge in [0.05, 0.1) is 11.4 Å². The number of halogens is 2. The summed E-state index contributed by atoms with van der Waals surface area (Å²) in [5.74, 6) is -0.596. The third kappa shape index (κ3) is 6.86. The summed E-state index contributed by atoms with van der Waals surface area (Å²) in [5.41, 5.74) is 1.47. The Balaban J connectivity index is 1.81. The Morgan fingerprint density at radius 1 is 1.07 bits per heavy atom. The lowest BCUT2D eigenvalue weighted by atomic mass is 10.2. The van der Waals surface area contributed by atoms with Crippen LogP contribution in [0, 0.1) is 18.6 Å². The molecule has 0 bridgehead atoms. The second-order valence-electron chi connectivity index (χ2n) is 5.86. The van der Waals surface area contributed by atoms with Gasteiger partial charge < -0.3 is 10.6 Å². The molecule has 2 rings (SSSR count). The minimum absolute atomic E-state index is 0.104. The van der Waals surface area contributed by atoms with Crippen LogP contribution in [0.2, 0.25) is 0 Å². The minimum atomic E-state index is -3.64. The van der Waals surface area contributed by atoms with E-state index in [4.69, 9.17) is 0 Å². The minimum Gasteiger partial charge on any atom is -0.355 e. The van der Waals surface area contributed by atoms with Gasteiger partial charge in [0.15, 0.2) is 5.96 Å². The van der Waals surface area contributed by atoms with E-state index in [1.54, 1.807) is 26.1 Å². The molecule has 3 N–H and O–H groups in total. The molecule has 0 aliphatic rings. The van der Waals surface area contributed by atoms with Gasteiger partial charge in [0.25, 0.3) is 0 Å². The Morgan fingerprint density at radius 2 is 1.78 bits per heavy atom. The molecular formula is C18H22F2N4O2S. The molecule has 0 aromatic heterocycles. The maximum atomic E-state index is 13.5. The van der Waals surface area contributed by atoms with E-state index in [9.17, 15) is 17.2 Å². The largest absolute Gasteiger partial charge is 0.355 e. The molecule has 0 atom stereocenters. The fourth-order valence-electron chi connectivity index (χ4n) is 2.20. The number of sulfonamides is 1. The molecule has 0 heterocycles. The summed E-state index contributed by atoms with van der Waals surface area (Å²) in [7, 11) is -2.09. The number of aliphatic imine (C=N–C) groups is 1. The van der Waals surface area contributed by atoms with Crippen molar-refractivity contribution in [2.75, 3.05) is 24.1 Å². The lowest BCUT2D eigenvalue weighted by Gasteiger charge is -2.13. The van der Waals surface area contributed by atoms with E-state index in [1.165, 1.54) is 24.3 Å². The number of benzene rings is 2. The second kappa shape index (κ2) is 9.31. The van der Waals surface area contributed by atoms with Gasteiger partial charge in [0.1, 0.15) is 11.6 Å². The summed E-state index contributed by atoms with van der Waals surface area (Å²) in [4.78, 5) is 4.00. The van der Waals surface area contributed by atoms with Gasteiger partial charge >= 0.3 is 0 Å². The molecule has 0 unspecified atom stereocenters. The molecule has 0 fully saturated rings. The lowest BCUT2D eigenvalue weighted by Crippen LogP contribution is -2.39. The van der Waals surface area contributed by atoms with Crippen LogP contribution in [-0.4, -0.2) is 33.7 Å². The van der Waals surface area contributed by atoms with Gasteiger partial charge in [-0.15, -0.1) is 0 Å². The van der Waals surface area contributed by atoms with Gasteiger partial charge in [-0.05, 0) is 42.3 Å². The van der Waals surface area contributed by atoms with Crippen molar-refractivity contribution < 1.29 is 17.2 Å². The molecule has 0 aliphatic heterocycles. The van der Waals surface area contributed by atoms with Crippen LogP contribution in [0.5, 0.6) is 0 Å². The lowest BCUT2D eigenvalue weighted by molar-refractivity contribution is 0.599. The van der Waals surface area contributed by atoms with Crippen LogP contribution in [0.4, 0.5) is 14.5 Å². The first-order chi connectivity index (χ1) is 12.8. The highest BCUT2D eigenvalue weighted by Gasteiger charge is 2.12. The number of hydrogen-bond donors (Lipinski definition) is 3. The van der Waals surface area contributed by atoms with E-state index in [0.717, 1.165) is 11.6 Å². The third-order valence-corrected chi connectivity index (χ3v) is 4.99. The molecule has 2 aromatic carbocycles. The van der Waals surface area contributed by atoms with E-state index in [0.29, 0.717) is 18.1 Å². The molecule has 0 radical (unpaired) electrons. The average Bonchev–Trinajstić information content (AvgIpc) is 2.62. The summed E-state index contributed by atoms with van der Waals surface area (Å²) < 4.78 is 53.0. The standard InChI is InChI=1S/C18H22F2N4O2S/c1-13-3-8-16(11-17(13)20)24-27(25,26)10-9-22-18(21-2)23-12-14-4-6-15(19)7-5-14/h3-8,11,24H,9-10,12H2,1-2H3,(H2,21,22,23). The number of rotatable bonds is 7. The van der Waals surface area contributed by atoms with Crippen LogP contribution in [-0.2, 0) is 16.6 Å². The molecule has 0 amide bonds. The number of hydrogen-bond acceptors (Lipinski definition) is 3. The van der Waals surface area contributed by atoms with Crippen LogP contribution < -0.4 is 15.4 Å². The maximum absolute atomic E-state index is 13.5. The SMILES string of the molecule is CN=C(NCCS(=O)(=O)Nc1ccc(C)c(F)c1)NCc1ccc(F)cc1. The molecule has 146 valence electrons. The number of nitrogens with zero attached hydrogens (tertiary/aromatic N) is 1. The molecule has 0 saturated heterocycles. The first-order valence-electron chi connectivity index (χ1n) is 8.24. The summed E-state index contributed by atoms with van der Waals surface area (Å²) in [6.07, 6.45) is 0. The van der Waals surface area contributed by atoms with Crippen molar-refractivity contribution in [1.29, 1.82) is 0 Å².